The fourth-order valence-electron chi connectivity index (χ4n) is 2.52. The molecule has 5 heteroatoms. The number of anilines is 1. The molecule has 2 atom stereocenters. The van der Waals surface area contributed by atoms with Crippen molar-refractivity contribution in [2.75, 3.05) is 5.32 Å². The molecule has 0 bridgehead atoms. The van der Waals surface area contributed by atoms with E-state index in [1.165, 1.54) is 0 Å². The normalized spacial score (nSPS) is 19.8. The van der Waals surface area contributed by atoms with E-state index in [9.17, 15) is 8.42 Å². The van der Waals surface area contributed by atoms with Crippen molar-refractivity contribution in [1.82, 2.24) is 4.72 Å². The highest BCUT2D eigenvalue weighted by molar-refractivity contribution is 7.89. The SMILES string of the molecule is CCC[C@@H](C)NS(=O)(=O)c1ccc2c(c1)C[C@@H](C)N2. The first-order valence-corrected chi connectivity index (χ1v) is 8.32. The Labute approximate surface area is 115 Å². The fourth-order valence-corrected chi connectivity index (χ4v) is 3.85. The summed E-state index contributed by atoms with van der Waals surface area (Å²) in [7, 11) is -3.40. The molecule has 1 aromatic rings. The first kappa shape index (κ1) is 14.3. The van der Waals surface area contributed by atoms with Crippen LogP contribution in [0.4, 0.5) is 5.69 Å². The van der Waals surface area contributed by atoms with Gasteiger partial charge < -0.3 is 5.32 Å². The van der Waals surface area contributed by atoms with Gasteiger partial charge in [0.05, 0.1) is 4.90 Å². The van der Waals surface area contributed by atoms with Crippen LogP contribution >= 0.6 is 0 Å². The van der Waals surface area contributed by atoms with E-state index in [-0.39, 0.29) is 6.04 Å². The predicted octanol–water partition coefficient (Wildman–Crippen LogP) is 2.51. The maximum Gasteiger partial charge on any atom is 0.240 e. The van der Waals surface area contributed by atoms with Crippen LogP contribution in [0.1, 0.15) is 39.2 Å². The lowest BCUT2D eigenvalue weighted by Gasteiger charge is -2.13. The quantitative estimate of drug-likeness (QED) is 0.872. The van der Waals surface area contributed by atoms with Crippen molar-refractivity contribution in [3.8, 4) is 0 Å². The number of hydrogen-bond acceptors (Lipinski definition) is 3. The highest BCUT2D eigenvalue weighted by Crippen LogP contribution is 2.28. The maximum absolute atomic E-state index is 12.3. The molecule has 0 saturated heterocycles. The van der Waals surface area contributed by atoms with Gasteiger partial charge in [-0.25, -0.2) is 13.1 Å². The second kappa shape index (κ2) is 5.51. The highest BCUT2D eigenvalue weighted by Gasteiger charge is 2.22. The number of hydrogen-bond donors (Lipinski definition) is 2. The summed E-state index contributed by atoms with van der Waals surface area (Å²) in [6.45, 7) is 6.04. The van der Waals surface area contributed by atoms with Gasteiger partial charge in [0.15, 0.2) is 0 Å². The molecule has 0 radical (unpaired) electrons. The van der Waals surface area contributed by atoms with Crippen molar-refractivity contribution in [2.24, 2.45) is 0 Å². The molecule has 2 N–H and O–H groups in total. The van der Waals surface area contributed by atoms with Crippen molar-refractivity contribution in [1.29, 1.82) is 0 Å². The molecule has 19 heavy (non-hydrogen) atoms. The van der Waals surface area contributed by atoms with Gasteiger partial charge in [-0.3, -0.25) is 0 Å². The molecule has 1 aromatic carbocycles. The third-order valence-corrected chi connectivity index (χ3v) is 4.98. The minimum Gasteiger partial charge on any atom is -0.382 e. The Morgan fingerprint density at radius 3 is 2.89 bits per heavy atom. The van der Waals surface area contributed by atoms with Crippen LogP contribution in [0, 0.1) is 0 Å². The van der Waals surface area contributed by atoms with Gasteiger partial charge >= 0.3 is 0 Å². The molecule has 0 amide bonds. The van der Waals surface area contributed by atoms with E-state index >= 15 is 0 Å². The van der Waals surface area contributed by atoms with Crippen LogP contribution in [0.25, 0.3) is 0 Å². The van der Waals surface area contributed by atoms with Crippen molar-refractivity contribution >= 4 is 15.7 Å². The standard InChI is InChI=1S/C14H22N2O2S/c1-4-5-10(2)16-19(17,18)13-6-7-14-12(9-13)8-11(3)15-14/h6-7,9-11,15-16H,4-5,8H2,1-3H3/t10-,11-/m1/s1. The van der Waals surface area contributed by atoms with Crippen molar-refractivity contribution in [3.63, 3.8) is 0 Å². The Kier molecular flexibility index (Phi) is 4.16. The summed E-state index contributed by atoms with van der Waals surface area (Å²) in [5.74, 6) is 0. The largest absolute Gasteiger partial charge is 0.382 e. The zero-order valence-electron chi connectivity index (χ0n) is 11.7. The molecule has 0 fully saturated rings. The molecule has 0 saturated carbocycles. The van der Waals surface area contributed by atoms with Crippen LogP contribution in [0.5, 0.6) is 0 Å². The molecule has 0 aromatic heterocycles. The maximum atomic E-state index is 12.3. The van der Waals surface area contributed by atoms with Crippen LogP contribution in [-0.2, 0) is 16.4 Å². The Balaban J connectivity index is 2.20. The zero-order chi connectivity index (χ0) is 14.0. The van der Waals surface area contributed by atoms with Gasteiger partial charge in [0.1, 0.15) is 0 Å². The summed E-state index contributed by atoms with van der Waals surface area (Å²) in [4.78, 5) is 0.366. The Bertz CT molecular complexity index is 555. The molecule has 4 nitrogen and oxygen atoms in total. The van der Waals surface area contributed by atoms with E-state index in [0.717, 1.165) is 30.5 Å². The topological polar surface area (TPSA) is 58.2 Å². The Hall–Kier alpha value is -1.07. The number of nitrogens with one attached hydrogen (secondary N) is 2. The lowest BCUT2D eigenvalue weighted by Crippen LogP contribution is -2.32. The average molecular weight is 282 g/mol. The molecule has 1 heterocycles. The van der Waals surface area contributed by atoms with Gasteiger partial charge in [-0.1, -0.05) is 13.3 Å². The summed E-state index contributed by atoms with van der Waals surface area (Å²) < 4.78 is 27.3. The van der Waals surface area contributed by atoms with Crippen molar-refractivity contribution in [3.05, 3.63) is 23.8 Å². The summed E-state index contributed by atoms with van der Waals surface area (Å²) >= 11 is 0. The second-order valence-corrected chi connectivity index (χ2v) is 7.09. The monoisotopic (exact) mass is 282 g/mol. The second-order valence-electron chi connectivity index (χ2n) is 5.38. The van der Waals surface area contributed by atoms with Crippen LogP contribution in [0.15, 0.2) is 23.1 Å². The van der Waals surface area contributed by atoms with Gasteiger partial charge in [0, 0.05) is 17.8 Å². The molecule has 2 rings (SSSR count). The van der Waals surface area contributed by atoms with Crippen LogP contribution in [0.2, 0.25) is 0 Å². The Morgan fingerprint density at radius 2 is 2.21 bits per heavy atom. The highest BCUT2D eigenvalue weighted by atomic mass is 32.2. The first-order chi connectivity index (χ1) is 8.92. The van der Waals surface area contributed by atoms with E-state index < -0.39 is 10.0 Å². The van der Waals surface area contributed by atoms with Gasteiger partial charge in [-0.05, 0) is 50.5 Å². The van der Waals surface area contributed by atoms with Crippen LogP contribution in [-0.4, -0.2) is 20.5 Å². The smallest absolute Gasteiger partial charge is 0.240 e. The summed E-state index contributed by atoms with van der Waals surface area (Å²) in [6, 6.07) is 5.66. The Morgan fingerprint density at radius 1 is 1.47 bits per heavy atom. The summed E-state index contributed by atoms with van der Waals surface area (Å²) in [5.41, 5.74) is 2.13. The molecule has 0 unspecified atom stereocenters. The van der Waals surface area contributed by atoms with E-state index in [1.807, 2.05) is 19.9 Å². The molecule has 0 spiro atoms. The first-order valence-electron chi connectivity index (χ1n) is 6.84. The zero-order valence-corrected chi connectivity index (χ0v) is 12.5. The van der Waals surface area contributed by atoms with E-state index in [2.05, 4.69) is 17.0 Å². The summed E-state index contributed by atoms with van der Waals surface area (Å²) in [5, 5.41) is 3.32. The lowest BCUT2D eigenvalue weighted by atomic mass is 10.1. The number of fused-ring (bicyclic) bond motifs is 1. The molecule has 106 valence electrons. The van der Waals surface area contributed by atoms with Gasteiger partial charge in [0.2, 0.25) is 10.0 Å². The molecule has 0 aliphatic carbocycles. The molecular formula is C14H22N2O2S. The fraction of sp³-hybridized carbons (Fsp3) is 0.571. The lowest BCUT2D eigenvalue weighted by molar-refractivity contribution is 0.544. The van der Waals surface area contributed by atoms with E-state index in [1.54, 1.807) is 12.1 Å². The van der Waals surface area contributed by atoms with Gasteiger partial charge in [0.25, 0.3) is 0 Å². The van der Waals surface area contributed by atoms with E-state index in [4.69, 9.17) is 0 Å². The van der Waals surface area contributed by atoms with Gasteiger partial charge in [-0.15, -0.1) is 0 Å². The van der Waals surface area contributed by atoms with Crippen LogP contribution in [0.3, 0.4) is 0 Å². The minimum atomic E-state index is -3.40. The third-order valence-electron chi connectivity index (χ3n) is 3.39. The third kappa shape index (κ3) is 3.28. The number of sulfonamides is 1. The molecule has 1 aliphatic rings. The minimum absolute atomic E-state index is 0.0275. The number of rotatable bonds is 5. The number of benzene rings is 1. The van der Waals surface area contributed by atoms with Gasteiger partial charge in [-0.2, -0.15) is 0 Å². The van der Waals surface area contributed by atoms with Crippen LogP contribution < -0.4 is 10.0 Å². The average Bonchev–Trinajstić information content (AvgIpc) is 2.67. The van der Waals surface area contributed by atoms with Crippen molar-refractivity contribution < 1.29 is 8.42 Å². The molecular weight excluding hydrogens is 260 g/mol. The molecule has 1 aliphatic heterocycles. The predicted molar refractivity (Wildman–Crippen MR) is 77.9 cm³/mol. The van der Waals surface area contributed by atoms with E-state index in [0.29, 0.717) is 10.9 Å². The van der Waals surface area contributed by atoms with Crippen molar-refractivity contribution in [2.45, 2.75) is 57.0 Å². The summed E-state index contributed by atoms with van der Waals surface area (Å²) in [6.07, 6.45) is 2.70.